The molecule has 9 nitrogen and oxygen atoms in total. The number of nitrogens with one attached hydrogen (secondary N) is 1. The SMILES string of the molecule is CNC(=O)OCc1nc([N+](=O)[O-])c(C#N)n1C. The highest BCUT2D eigenvalue weighted by molar-refractivity contribution is 5.66. The van der Waals surface area contributed by atoms with E-state index in [0.717, 1.165) is 0 Å². The maximum Gasteiger partial charge on any atom is 0.407 e. The van der Waals surface area contributed by atoms with Crippen molar-refractivity contribution in [2.45, 2.75) is 6.61 Å². The fraction of sp³-hybridized carbons (Fsp3) is 0.375. The van der Waals surface area contributed by atoms with Crippen LogP contribution in [0, 0.1) is 21.4 Å². The van der Waals surface area contributed by atoms with E-state index in [4.69, 9.17) is 5.26 Å². The predicted molar refractivity (Wildman–Crippen MR) is 53.8 cm³/mol. The normalized spacial score (nSPS) is 9.47. The van der Waals surface area contributed by atoms with Crippen molar-refractivity contribution < 1.29 is 14.5 Å². The zero-order valence-corrected chi connectivity index (χ0v) is 9.13. The van der Waals surface area contributed by atoms with Crippen molar-refractivity contribution in [1.29, 1.82) is 5.26 Å². The lowest BCUT2D eigenvalue weighted by molar-refractivity contribution is -0.389. The van der Waals surface area contributed by atoms with Crippen molar-refractivity contribution in [2.24, 2.45) is 7.05 Å². The van der Waals surface area contributed by atoms with Crippen LogP contribution >= 0.6 is 0 Å². The predicted octanol–water partition coefficient (Wildman–Crippen LogP) is 0.0560. The Kier molecular flexibility index (Phi) is 3.61. The van der Waals surface area contributed by atoms with E-state index in [1.54, 1.807) is 6.07 Å². The van der Waals surface area contributed by atoms with E-state index in [-0.39, 0.29) is 18.1 Å². The molecule has 1 aromatic heterocycles. The van der Waals surface area contributed by atoms with Crippen LogP contribution in [0.3, 0.4) is 0 Å². The van der Waals surface area contributed by atoms with Crippen LogP contribution in [0.5, 0.6) is 0 Å². The van der Waals surface area contributed by atoms with Gasteiger partial charge in [-0.1, -0.05) is 0 Å². The minimum Gasteiger partial charge on any atom is -0.439 e. The number of hydrogen-bond donors (Lipinski definition) is 1. The van der Waals surface area contributed by atoms with Gasteiger partial charge in [0.15, 0.2) is 6.61 Å². The molecule has 0 saturated heterocycles. The van der Waals surface area contributed by atoms with Crippen molar-refractivity contribution >= 4 is 11.9 Å². The molecule has 1 N–H and O–H groups in total. The number of rotatable bonds is 3. The van der Waals surface area contributed by atoms with Crippen molar-refractivity contribution in [3.63, 3.8) is 0 Å². The fourth-order valence-corrected chi connectivity index (χ4v) is 1.11. The number of hydrogen-bond acceptors (Lipinski definition) is 6. The second kappa shape index (κ2) is 4.93. The maximum atomic E-state index is 10.8. The number of alkyl carbamates (subject to hydrolysis) is 1. The Bertz CT molecular complexity index is 501. The number of ether oxygens (including phenoxy) is 1. The summed E-state index contributed by atoms with van der Waals surface area (Å²) in [7, 11) is 2.81. The number of amides is 1. The summed E-state index contributed by atoms with van der Waals surface area (Å²) in [6, 6.07) is 1.67. The average molecular weight is 239 g/mol. The zero-order chi connectivity index (χ0) is 13.0. The number of carbonyl (C=O) groups excluding carboxylic acids is 1. The van der Waals surface area contributed by atoms with E-state index >= 15 is 0 Å². The molecule has 9 heteroatoms. The van der Waals surface area contributed by atoms with Gasteiger partial charge in [0.05, 0.1) is 0 Å². The van der Waals surface area contributed by atoms with Crippen LogP contribution in [0.4, 0.5) is 10.6 Å². The summed E-state index contributed by atoms with van der Waals surface area (Å²) >= 11 is 0. The molecule has 90 valence electrons. The molecule has 0 saturated carbocycles. The van der Waals surface area contributed by atoms with Gasteiger partial charge in [-0.15, -0.1) is 0 Å². The van der Waals surface area contributed by atoms with Gasteiger partial charge in [-0.2, -0.15) is 5.26 Å². The van der Waals surface area contributed by atoms with Gasteiger partial charge < -0.3 is 20.2 Å². The molecule has 0 bridgehead atoms. The van der Waals surface area contributed by atoms with Gasteiger partial charge in [0, 0.05) is 14.1 Å². The zero-order valence-electron chi connectivity index (χ0n) is 9.13. The molecule has 0 unspecified atom stereocenters. The van der Waals surface area contributed by atoms with Crippen molar-refractivity contribution in [3.05, 3.63) is 21.6 Å². The summed E-state index contributed by atoms with van der Waals surface area (Å²) in [4.78, 5) is 24.3. The third-order valence-corrected chi connectivity index (χ3v) is 1.98. The lowest BCUT2D eigenvalue weighted by Gasteiger charge is -2.00. The molecule has 0 atom stereocenters. The Morgan fingerprint density at radius 2 is 2.41 bits per heavy atom. The molecule has 0 aliphatic heterocycles. The van der Waals surface area contributed by atoms with Crippen LogP contribution in [-0.2, 0) is 18.4 Å². The van der Waals surface area contributed by atoms with E-state index < -0.39 is 16.8 Å². The first kappa shape index (κ1) is 12.4. The molecule has 0 spiro atoms. The summed E-state index contributed by atoms with van der Waals surface area (Å²) in [5.74, 6) is -0.428. The highest BCUT2D eigenvalue weighted by atomic mass is 16.6. The molecule has 0 aliphatic rings. The summed E-state index contributed by atoms with van der Waals surface area (Å²) in [6.45, 7) is -0.251. The number of nitro groups is 1. The summed E-state index contributed by atoms with van der Waals surface area (Å²) < 4.78 is 5.89. The first-order valence-corrected chi connectivity index (χ1v) is 4.45. The first-order chi connectivity index (χ1) is 8.01. The van der Waals surface area contributed by atoms with E-state index in [1.165, 1.54) is 18.7 Å². The highest BCUT2D eigenvalue weighted by Crippen LogP contribution is 2.17. The fourth-order valence-electron chi connectivity index (χ4n) is 1.11. The second-order valence-electron chi connectivity index (χ2n) is 2.95. The van der Waals surface area contributed by atoms with Crippen LogP contribution in [0.25, 0.3) is 0 Å². The molecule has 1 heterocycles. The minimum atomic E-state index is -0.762. The van der Waals surface area contributed by atoms with Crippen LogP contribution in [-0.4, -0.2) is 27.6 Å². The Morgan fingerprint density at radius 1 is 1.76 bits per heavy atom. The minimum absolute atomic E-state index is 0.122. The van der Waals surface area contributed by atoms with Crippen LogP contribution in [0.1, 0.15) is 11.5 Å². The van der Waals surface area contributed by atoms with Gasteiger partial charge in [0.1, 0.15) is 6.07 Å². The molecule has 1 aromatic rings. The lowest BCUT2D eigenvalue weighted by Crippen LogP contribution is -2.19. The molecular weight excluding hydrogens is 230 g/mol. The standard InChI is InChI=1S/C8H9N5O4/c1-10-8(14)17-4-6-11-7(13(15)16)5(3-9)12(6)2/h4H2,1-2H3,(H,10,14). The van der Waals surface area contributed by atoms with Crippen LogP contribution < -0.4 is 5.32 Å². The summed E-state index contributed by atoms with van der Waals surface area (Å²) in [6.07, 6.45) is -0.686. The third-order valence-electron chi connectivity index (χ3n) is 1.98. The Balaban J connectivity index is 2.99. The number of aromatic nitrogens is 2. The smallest absolute Gasteiger partial charge is 0.407 e. The van der Waals surface area contributed by atoms with E-state index in [0.29, 0.717) is 0 Å². The molecule has 0 radical (unpaired) electrons. The molecule has 0 fully saturated rings. The first-order valence-electron chi connectivity index (χ1n) is 4.45. The number of carbonyl (C=O) groups is 1. The molecule has 17 heavy (non-hydrogen) atoms. The Labute approximate surface area is 95.8 Å². The van der Waals surface area contributed by atoms with Gasteiger partial charge in [-0.05, 0) is 9.91 Å². The monoisotopic (exact) mass is 239 g/mol. The van der Waals surface area contributed by atoms with Crippen LogP contribution in [0.15, 0.2) is 0 Å². The quantitative estimate of drug-likeness (QED) is 0.587. The van der Waals surface area contributed by atoms with Crippen molar-refractivity contribution in [2.75, 3.05) is 7.05 Å². The van der Waals surface area contributed by atoms with Crippen LogP contribution in [0.2, 0.25) is 0 Å². The Hall–Kier alpha value is -2.63. The van der Waals surface area contributed by atoms with Crippen molar-refractivity contribution in [3.8, 4) is 6.07 Å². The maximum absolute atomic E-state index is 10.8. The van der Waals surface area contributed by atoms with Gasteiger partial charge in [0.2, 0.25) is 5.69 Å². The topological polar surface area (TPSA) is 123 Å². The second-order valence-corrected chi connectivity index (χ2v) is 2.95. The van der Waals surface area contributed by atoms with Gasteiger partial charge in [0.25, 0.3) is 5.82 Å². The number of imidazole rings is 1. The largest absolute Gasteiger partial charge is 0.439 e. The molecule has 1 amide bonds. The summed E-state index contributed by atoms with van der Waals surface area (Å²) in [5.41, 5.74) is -0.189. The van der Waals surface area contributed by atoms with Gasteiger partial charge >= 0.3 is 11.9 Å². The lowest BCUT2D eigenvalue weighted by atomic mass is 10.5. The van der Waals surface area contributed by atoms with Crippen molar-refractivity contribution in [1.82, 2.24) is 14.9 Å². The average Bonchev–Trinajstić information content (AvgIpc) is 2.63. The van der Waals surface area contributed by atoms with E-state index in [1.807, 2.05) is 0 Å². The molecule has 0 aliphatic carbocycles. The summed E-state index contributed by atoms with van der Waals surface area (Å²) in [5, 5.41) is 21.6. The number of nitriles is 1. The molecule has 1 rings (SSSR count). The van der Waals surface area contributed by atoms with E-state index in [2.05, 4.69) is 15.0 Å². The van der Waals surface area contributed by atoms with Gasteiger partial charge in [-0.25, -0.2) is 4.79 Å². The molecule has 0 aromatic carbocycles. The van der Waals surface area contributed by atoms with Gasteiger partial charge in [-0.3, -0.25) is 4.57 Å². The Morgan fingerprint density at radius 3 is 2.82 bits per heavy atom. The third kappa shape index (κ3) is 2.49. The van der Waals surface area contributed by atoms with E-state index in [9.17, 15) is 14.9 Å². The number of nitrogens with zero attached hydrogens (tertiary/aromatic N) is 4. The molecular formula is C8H9N5O4. The highest BCUT2D eigenvalue weighted by Gasteiger charge is 2.26.